The lowest BCUT2D eigenvalue weighted by molar-refractivity contribution is -0.138. The van der Waals surface area contributed by atoms with E-state index in [0.717, 1.165) is 65.0 Å². The Balaban J connectivity index is 1.31. The number of hydrogen-bond donors (Lipinski definition) is 0. The van der Waals surface area contributed by atoms with Crippen molar-refractivity contribution in [1.82, 2.24) is 14.7 Å². The number of piperazine rings is 1. The molecule has 2 aromatic rings. The average molecular weight is 420 g/mol. The smallest absolute Gasteiger partial charge is 0.237 e. The minimum absolute atomic E-state index is 0.311. The molecule has 2 aliphatic rings. The average Bonchev–Trinajstić information content (AvgIpc) is 2.81. The molecule has 1 fully saturated rings. The van der Waals surface area contributed by atoms with Gasteiger partial charge in [0.1, 0.15) is 0 Å². The summed E-state index contributed by atoms with van der Waals surface area (Å²) < 4.78 is 0. The van der Waals surface area contributed by atoms with Crippen LogP contribution in [0.15, 0.2) is 48.5 Å². The van der Waals surface area contributed by atoms with Gasteiger partial charge in [0, 0.05) is 32.2 Å². The van der Waals surface area contributed by atoms with Crippen LogP contribution in [0.2, 0.25) is 0 Å². The largest absolute Gasteiger partial charge is 0.337 e. The van der Waals surface area contributed by atoms with E-state index in [2.05, 4.69) is 77.1 Å². The van der Waals surface area contributed by atoms with Crippen molar-refractivity contribution in [2.45, 2.75) is 52.1 Å². The fraction of sp³-hybridized carbons (Fsp3) is 0.519. The molecule has 1 aliphatic heterocycles. The third kappa shape index (κ3) is 5.55. The molecule has 1 saturated heterocycles. The second-order valence-corrected chi connectivity index (χ2v) is 9.06. The molecule has 2 aromatic carbocycles. The monoisotopic (exact) mass is 419 g/mol. The van der Waals surface area contributed by atoms with Gasteiger partial charge in [-0.3, -0.25) is 14.6 Å². The minimum Gasteiger partial charge on any atom is -0.337 e. The molecule has 0 N–H and O–H groups in total. The number of benzene rings is 2. The summed E-state index contributed by atoms with van der Waals surface area (Å²) >= 11 is 0. The van der Waals surface area contributed by atoms with Crippen LogP contribution in [0.1, 0.15) is 42.5 Å². The summed E-state index contributed by atoms with van der Waals surface area (Å²) in [5.41, 5.74) is 5.71. The number of amides is 1. The van der Waals surface area contributed by atoms with Crippen LogP contribution in [0.25, 0.3) is 0 Å². The van der Waals surface area contributed by atoms with Crippen LogP contribution in [0.4, 0.5) is 0 Å². The van der Waals surface area contributed by atoms with Crippen LogP contribution < -0.4 is 0 Å². The van der Waals surface area contributed by atoms with Crippen molar-refractivity contribution < 1.29 is 4.79 Å². The maximum Gasteiger partial charge on any atom is 0.237 e. The van der Waals surface area contributed by atoms with Gasteiger partial charge in [0.05, 0.1) is 6.54 Å². The second-order valence-electron chi connectivity index (χ2n) is 9.06. The van der Waals surface area contributed by atoms with Crippen LogP contribution in [-0.2, 0) is 30.6 Å². The SMILES string of the molecule is CCN(CC)Cc1ccc2c(c1)CC[C@H](N1CCN(CCc3ccccc3)CC1=O)C2. The first-order valence-corrected chi connectivity index (χ1v) is 12.0. The quantitative estimate of drug-likeness (QED) is 0.652. The Hall–Kier alpha value is -2.17. The van der Waals surface area contributed by atoms with E-state index in [1.807, 2.05) is 0 Å². The lowest BCUT2D eigenvalue weighted by Crippen LogP contribution is -2.55. The number of fused-ring (bicyclic) bond motifs is 1. The van der Waals surface area contributed by atoms with Crippen molar-refractivity contribution in [1.29, 1.82) is 0 Å². The van der Waals surface area contributed by atoms with Gasteiger partial charge in [0.2, 0.25) is 5.91 Å². The minimum atomic E-state index is 0.311. The topological polar surface area (TPSA) is 26.8 Å². The molecule has 4 rings (SSSR count). The van der Waals surface area contributed by atoms with Crippen molar-refractivity contribution in [3.8, 4) is 0 Å². The zero-order chi connectivity index (χ0) is 21.6. The number of aryl methyl sites for hydroxylation is 1. The summed E-state index contributed by atoms with van der Waals surface area (Å²) in [6.45, 7) is 11.1. The van der Waals surface area contributed by atoms with Gasteiger partial charge in [-0.1, -0.05) is 62.4 Å². The molecule has 1 amide bonds. The molecule has 0 unspecified atom stereocenters. The number of nitrogens with zero attached hydrogens (tertiary/aromatic N) is 3. The molecule has 0 saturated carbocycles. The Morgan fingerprint density at radius 1 is 0.968 bits per heavy atom. The molecule has 0 bridgehead atoms. The maximum absolute atomic E-state index is 12.9. The standard InChI is InChI=1S/C27H37N3O/c1-3-28(4-2)20-23-10-11-25-19-26(13-12-24(25)18-23)30-17-16-29(21-27(30)31)15-14-22-8-6-5-7-9-22/h5-11,18,26H,3-4,12-17,19-21H2,1-2H3/t26-/m0/s1. The second kappa shape index (κ2) is 10.4. The van der Waals surface area contributed by atoms with Crippen molar-refractivity contribution in [2.75, 3.05) is 39.3 Å². The van der Waals surface area contributed by atoms with Crippen molar-refractivity contribution in [3.05, 3.63) is 70.8 Å². The van der Waals surface area contributed by atoms with Gasteiger partial charge in [-0.05, 0) is 61.0 Å². The van der Waals surface area contributed by atoms with Crippen molar-refractivity contribution >= 4 is 5.91 Å². The Bertz CT molecular complexity index is 862. The van der Waals surface area contributed by atoms with Gasteiger partial charge in [0.25, 0.3) is 0 Å². The summed E-state index contributed by atoms with van der Waals surface area (Å²) in [5.74, 6) is 0.311. The maximum atomic E-state index is 12.9. The number of hydrogen-bond acceptors (Lipinski definition) is 3. The highest BCUT2D eigenvalue weighted by Crippen LogP contribution is 2.27. The highest BCUT2D eigenvalue weighted by atomic mass is 16.2. The predicted octanol–water partition coefficient (Wildman–Crippen LogP) is 3.77. The van der Waals surface area contributed by atoms with Crippen LogP contribution in [0.3, 0.4) is 0 Å². The number of carbonyl (C=O) groups excluding carboxylic acids is 1. The number of rotatable bonds is 8. The third-order valence-corrected chi connectivity index (χ3v) is 7.11. The van der Waals surface area contributed by atoms with Gasteiger partial charge in [-0.2, -0.15) is 0 Å². The van der Waals surface area contributed by atoms with Gasteiger partial charge in [-0.15, -0.1) is 0 Å². The molecule has 31 heavy (non-hydrogen) atoms. The van der Waals surface area contributed by atoms with E-state index >= 15 is 0 Å². The molecule has 0 spiro atoms. The molecular formula is C27H37N3O. The zero-order valence-electron chi connectivity index (χ0n) is 19.2. The Kier molecular flexibility index (Phi) is 7.41. The predicted molar refractivity (Wildman–Crippen MR) is 127 cm³/mol. The molecule has 0 aromatic heterocycles. The van der Waals surface area contributed by atoms with E-state index in [9.17, 15) is 4.79 Å². The van der Waals surface area contributed by atoms with Crippen molar-refractivity contribution in [3.63, 3.8) is 0 Å². The highest BCUT2D eigenvalue weighted by molar-refractivity contribution is 5.79. The lowest BCUT2D eigenvalue weighted by atomic mass is 9.86. The Morgan fingerprint density at radius 3 is 2.52 bits per heavy atom. The molecule has 1 heterocycles. The van der Waals surface area contributed by atoms with E-state index in [1.54, 1.807) is 0 Å². The van der Waals surface area contributed by atoms with E-state index in [0.29, 0.717) is 18.5 Å². The highest BCUT2D eigenvalue weighted by Gasteiger charge is 2.31. The molecule has 4 heteroatoms. The number of carbonyl (C=O) groups is 1. The van der Waals surface area contributed by atoms with Gasteiger partial charge >= 0.3 is 0 Å². The van der Waals surface area contributed by atoms with Crippen LogP contribution >= 0.6 is 0 Å². The molecule has 0 radical (unpaired) electrons. The summed E-state index contributed by atoms with van der Waals surface area (Å²) in [6, 6.07) is 18.0. The molecule has 166 valence electrons. The van der Waals surface area contributed by atoms with Gasteiger partial charge in [0.15, 0.2) is 0 Å². The molecule has 1 atom stereocenters. The normalized spacial score (nSPS) is 19.6. The van der Waals surface area contributed by atoms with Crippen LogP contribution in [0.5, 0.6) is 0 Å². The first-order valence-electron chi connectivity index (χ1n) is 12.0. The van der Waals surface area contributed by atoms with Crippen LogP contribution in [-0.4, -0.2) is 65.9 Å². The molecular weight excluding hydrogens is 382 g/mol. The summed E-state index contributed by atoms with van der Waals surface area (Å²) in [6.07, 6.45) is 4.21. The van der Waals surface area contributed by atoms with Crippen LogP contribution in [0, 0.1) is 0 Å². The molecule has 4 nitrogen and oxygen atoms in total. The van der Waals surface area contributed by atoms with Gasteiger partial charge < -0.3 is 4.90 Å². The summed E-state index contributed by atoms with van der Waals surface area (Å²) in [5, 5.41) is 0. The zero-order valence-corrected chi connectivity index (χ0v) is 19.2. The Morgan fingerprint density at radius 2 is 1.77 bits per heavy atom. The first kappa shape index (κ1) is 22.0. The van der Waals surface area contributed by atoms with E-state index in [4.69, 9.17) is 0 Å². The fourth-order valence-corrected chi connectivity index (χ4v) is 5.10. The first-order chi connectivity index (χ1) is 15.2. The lowest BCUT2D eigenvalue weighted by Gasteiger charge is -2.41. The fourth-order valence-electron chi connectivity index (χ4n) is 5.10. The van der Waals surface area contributed by atoms with E-state index in [-0.39, 0.29) is 0 Å². The summed E-state index contributed by atoms with van der Waals surface area (Å²) in [7, 11) is 0. The van der Waals surface area contributed by atoms with Crippen molar-refractivity contribution in [2.24, 2.45) is 0 Å². The summed E-state index contributed by atoms with van der Waals surface area (Å²) in [4.78, 5) is 19.9. The third-order valence-electron chi connectivity index (χ3n) is 7.11. The van der Waals surface area contributed by atoms with Gasteiger partial charge in [-0.25, -0.2) is 0 Å². The Labute approximate surface area is 187 Å². The van der Waals surface area contributed by atoms with E-state index < -0.39 is 0 Å². The van der Waals surface area contributed by atoms with E-state index in [1.165, 1.54) is 22.3 Å². The molecule has 1 aliphatic carbocycles.